The summed E-state index contributed by atoms with van der Waals surface area (Å²) < 4.78 is 29.2. The van der Waals surface area contributed by atoms with Gasteiger partial charge in [-0.3, -0.25) is 19.4 Å². The number of thiophene rings is 1. The molecule has 0 unspecified atom stereocenters. The van der Waals surface area contributed by atoms with E-state index in [2.05, 4.69) is 25.6 Å². The predicted octanol–water partition coefficient (Wildman–Crippen LogP) is 6.47. The summed E-state index contributed by atoms with van der Waals surface area (Å²) in [4.78, 5) is 29.8. The van der Waals surface area contributed by atoms with Crippen LogP contribution in [-0.2, 0) is 6.54 Å². The van der Waals surface area contributed by atoms with Crippen molar-refractivity contribution in [3.8, 4) is 22.4 Å². The van der Waals surface area contributed by atoms with E-state index >= 15 is 0 Å². The summed E-state index contributed by atoms with van der Waals surface area (Å²) in [6, 6.07) is 7.57. The van der Waals surface area contributed by atoms with Crippen LogP contribution in [0.15, 0.2) is 36.5 Å². The summed E-state index contributed by atoms with van der Waals surface area (Å²) in [5.74, 6) is -1.50. The van der Waals surface area contributed by atoms with Crippen LogP contribution < -0.4 is 11.1 Å². The maximum Gasteiger partial charge on any atom is 0.280 e. The average molecular weight is 590 g/mol. The number of amides is 2. The molecule has 0 radical (unpaired) electrons. The minimum Gasteiger partial charge on any atom is -0.365 e. The van der Waals surface area contributed by atoms with Gasteiger partial charge in [-0.25, -0.2) is 13.8 Å². The molecule has 5 rings (SSSR count). The molecular formula is C25H19Cl2F2N7O2S. The lowest BCUT2D eigenvalue weighted by Crippen LogP contribution is -2.17. The number of pyridine rings is 1. The molecule has 5 aromatic rings. The number of H-pyrrole nitrogens is 1. The molecule has 0 atom stereocenters. The number of anilines is 1. The van der Waals surface area contributed by atoms with Crippen LogP contribution in [0.3, 0.4) is 0 Å². The van der Waals surface area contributed by atoms with Gasteiger partial charge in [-0.2, -0.15) is 10.2 Å². The van der Waals surface area contributed by atoms with Crippen molar-refractivity contribution in [2.24, 2.45) is 5.73 Å². The van der Waals surface area contributed by atoms with Crippen molar-refractivity contribution in [3.63, 3.8) is 0 Å². The van der Waals surface area contributed by atoms with Gasteiger partial charge in [0.25, 0.3) is 18.2 Å². The zero-order valence-corrected chi connectivity index (χ0v) is 22.7. The van der Waals surface area contributed by atoms with Crippen LogP contribution in [0.5, 0.6) is 0 Å². The highest BCUT2D eigenvalue weighted by atomic mass is 35.5. The van der Waals surface area contributed by atoms with Crippen molar-refractivity contribution in [1.82, 2.24) is 25.0 Å². The number of halogens is 4. The summed E-state index contributed by atoms with van der Waals surface area (Å²) >= 11 is 13.1. The Hall–Kier alpha value is -3.87. The summed E-state index contributed by atoms with van der Waals surface area (Å²) in [6.45, 7) is 4.18. The van der Waals surface area contributed by atoms with Gasteiger partial charge < -0.3 is 11.1 Å². The quantitative estimate of drug-likeness (QED) is 0.200. The highest BCUT2D eigenvalue weighted by Gasteiger charge is 2.27. The fourth-order valence-corrected chi connectivity index (χ4v) is 5.65. The molecule has 0 bridgehead atoms. The van der Waals surface area contributed by atoms with Gasteiger partial charge in [-0.15, -0.1) is 11.3 Å². The summed E-state index contributed by atoms with van der Waals surface area (Å²) in [5, 5.41) is 15.0. The lowest BCUT2D eigenvalue weighted by atomic mass is 10.0. The lowest BCUT2D eigenvalue weighted by Gasteiger charge is -2.10. The van der Waals surface area contributed by atoms with E-state index in [4.69, 9.17) is 28.9 Å². The minimum atomic E-state index is -2.87. The molecule has 0 aliphatic carbocycles. The highest BCUT2D eigenvalue weighted by Crippen LogP contribution is 2.43. The maximum absolute atomic E-state index is 13.8. The first-order valence-electron chi connectivity index (χ1n) is 11.5. The summed E-state index contributed by atoms with van der Waals surface area (Å²) in [7, 11) is 0. The number of carbonyl (C=O) groups is 2. The second-order valence-electron chi connectivity index (χ2n) is 8.47. The number of nitrogens with two attached hydrogens (primary N) is 1. The summed E-state index contributed by atoms with van der Waals surface area (Å²) in [5.41, 5.74) is 7.66. The molecule has 4 aromatic heterocycles. The number of hydrogen-bond donors (Lipinski definition) is 3. The van der Waals surface area contributed by atoms with Gasteiger partial charge >= 0.3 is 0 Å². The molecule has 2 amide bonds. The Kier molecular flexibility index (Phi) is 7.10. The highest BCUT2D eigenvalue weighted by molar-refractivity contribution is 7.21. The Balaban J connectivity index is 1.63. The summed E-state index contributed by atoms with van der Waals surface area (Å²) in [6.07, 6.45) is -1.15. The molecule has 4 heterocycles. The molecular weight excluding hydrogens is 571 g/mol. The molecule has 0 aliphatic heterocycles. The number of benzene rings is 1. The number of alkyl halides is 2. The van der Waals surface area contributed by atoms with E-state index in [-0.39, 0.29) is 21.1 Å². The van der Waals surface area contributed by atoms with E-state index in [1.807, 2.05) is 6.92 Å². The van der Waals surface area contributed by atoms with Gasteiger partial charge in [-0.05, 0) is 49.7 Å². The third-order valence-electron chi connectivity index (χ3n) is 5.96. The first-order chi connectivity index (χ1) is 18.6. The number of aromatic nitrogens is 5. The van der Waals surface area contributed by atoms with E-state index in [9.17, 15) is 18.4 Å². The van der Waals surface area contributed by atoms with E-state index in [1.165, 1.54) is 12.1 Å². The number of rotatable bonds is 7. The van der Waals surface area contributed by atoms with E-state index in [1.54, 1.807) is 36.0 Å². The normalized spacial score (nSPS) is 11.5. The number of hydrogen-bond acceptors (Lipinski definition) is 6. The third-order valence-corrected chi connectivity index (χ3v) is 7.60. The maximum atomic E-state index is 13.8. The average Bonchev–Trinajstić information content (AvgIpc) is 3.61. The standard InChI is InChI=1S/C25H19Cl2F2N7O2S/c1-3-36-9-14(10(2)35-36)13-7-17(22(28)29)31-25-19(13)20(21(39-25)23(30)37)32-24(38)18-8-16(33-34-18)12-5-4-11(26)6-15(12)27/h4-9,22H,3H2,1-2H3,(H2,30,37)(H,32,38)(H,33,34). The zero-order valence-electron chi connectivity index (χ0n) is 20.4. The first kappa shape index (κ1) is 26.7. The SMILES string of the molecule is CCn1cc(-c2cc(C(F)F)nc3sc(C(N)=O)c(NC(=O)c4cc(-c5ccc(Cl)cc5Cl)n[nH]4)c23)c(C)n1. The Bertz CT molecular complexity index is 1760. The van der Waals surface area contributed by atoms with Crippen molar-refractivity contribution in [2.45, 2.75) is 26.8 Å². The topological polar surface area (TPSA) is 132 Å². The molecule has 39 heavy (non-hydrogen) atoms. The van der Waals surface area contributed by atoms with E-state index in [0.717, 1.165) is 11.3 Å². The number of fused-ring (bicyclic) bond motifs is 1. The van der Waals surface area contributed by atoms with Crippen LogP contribution in [0.2, 0.25) is 10.0 Å². The fourth-order valence-electron chi connectivity index (χ4n) is 4.13. The van der Waals surface area contributed by atoms with E-state index < -0.39 is 23.9 Å². The van der Waals surface area contributed by atoms with Crippen molar-refractivity contribution in [2.75, 3.05) is 5.32 Å². The molecule has 0 aliphatic rings. The molecule has 0 spiro atoms. The largest absolute Gasteiger partial charge is 0.365 e. The van der Waals surface area contributed by atoms with Crippen LogP contribution in [0.4, 0.5) is 14.5 Å². The lowest BCUT2D eigenvalue weighted by molar-refractivity contribution is 0.100. The van der Waals surface area contributed by atoms with E-state index in [0.29, 0.717) is 50.1 Å². The third kappa shape index (κ3) is 4.98. The van der Waals surface area contributed by atoms with Crippen molar-refractivity contribution in [1.29, 1.82) is 0 Å². The molecule has 4 N–H and O–H groups in total. The molecule has 0 saturated carbocycles. The second kappa shape index (κ2) is 10.4. The van der Waals surface area contributed by atoms with Crippen molar-refractivity contribution >= 4 is 62.3 Å². The van der Waals surface area contributed by atoms with Crippen LogP contribution in [-0.4, -0.2) is 36.8 Å². The Morgan fingerprint density at radius 3 is 2.59 bits per heavy atom. The van der Waals surface area contributed by atoms with Crippen LogP contribution in [0.1, 0.15) is 44.9 Å². The molecule has 1 aromatic carbocycles. The smallest absolute Gasteiger partial charge is 0.280 e. The number of aromatic amines is 1. The van der Waals surface area contributed by atoms with Crippen molar-refractivity contribution in [3.05, 3.63) is 68.5 Å². The zero-order chi connectivity index (χ0) is 28.0. The number of nitrogens with zero attached hydrogens (tertiary/aromatic N) is 4. The van der Waals surface area contributed by atoms with Crippen molar-refractivity contribution < 1.29 is 18.4 Å². The first-order valence-corrected chi connectivity index (χ1v) is 13.1. The molecule has 0 saturated heterocycles. The Morgan fingerprint density at radius 1 is 1.18 bits per heavy atom. The molecule has 0 fully saturated rings. The van der Waals surface area contributed by atoms with Gasteiger partial charge in [-0.1, -0.05) is 23.2 Å². The van der Waals surface area contributed by atoms with Crippen LogP contribution >= 0.6 is 34.5 Å². The van der Waals surface area contributed by atoms with Gasteiger partial charge in [0.05, 0.1) is 22.1 Å². The minimum absolute atomic E-state index is 0.0421. The Labute approximate surface area is 233 Å². The van der Waals surface area contributed by atoms with Gasteiger partial charge in [0.15, 0.2) is 0 Å². The predicted molar refractivity (Wildman–Crippen MR) is 147 cm³/mol. The number of nitrogens with one attached hydrogen (secondary N) is 2. The fraction of sp³-hybridized carbons (Fsp3) is 0.160. The van der Waals surface area contributed by atoms with Gasteiger partial charge in [0.2, 0.25) is 0 Å². The monoisotopic (exact) mass is 589 g/mol. The molecule has 14 heteroatoms. The molecule has 9 nitrogen and oxygen atoms in total. The number of aryl methyl sites for hydroxylation is 2. The van der Waals surface area contributed by atoms with Crippen LogP contribution in [0, 0.1) is 6.92 Å². The van der Waals surface area contributed by atoms with Gasteiger partial charge in [0.1, 0.15) is 21.1 Å². The number of primary amides is 1. The molecule has 200 valence electrons. The second-order valence-corrected chi connectivity index (χ2v) is 10.3. The number of carbonyl (C=O) groups excluding carboxylic acids is 2. The Morgan fingerprint density at radius 2 is 1.95 bits per heavy atom. The van der Waals surface area contributed by atoms with Crippen LogP contribution in [0.25, 0.3) is 32.6 Å². The van der Waals surface area contributed by atoms with Gasteiger partial charge in [0, 0.05) is 34.3 Å².